The van der Waals surface area contributed by atoms with Gasteiger partial charge in [0.15, 0.2) is 6.61 Å². The number of nitrogens with zero attached hydrogens (tertiary/aromatic N) is 1. The average molecular weight is 357 g/mol. The first-order valence-electron chi connectivity index (χ1n) is 9.24. The van der Waals surface area contributed by atoms with Crippen LogP contribution in [0.5, 0.6) is 0 Å². The van der Waals surface area contributed by atoms with E-state index in [-0.39, 0.29) is 18.9 Å². The van der Waals surface area contributed by atoms with Gasteiger partial charge in [0.05, 0.1) is 12.7 Å². The monoisotopic (exact) mass is 357 g/mol. The number of amides is 1. The Balaban J connectivity index is 1.58. The lowest BCUT2D eigenvalue weighted by Gasteiger charge is -2.34. The summed E-state index contributed by atoms with van der Waals surface area (Å²) in [5, 5.41) is 0.926. The van der Waals surface area contributed by atoms with Gasteiger partial charge in [-0.2, -0.15) is 0 Å². The van der Waals surface area contributed by atoms with Crippen LogP contribution in [0.25, 0.3) is 11.0 Å². The van der Waals surface area contributed by atoms with E-state index in [1.165, 1.54) is 0 Å². The Hall–Kier alpha value is -2.30. The lowest BCUT2D eigenvalue weighted by atomic mass is 9.92. The molecule has 0 bridgehead atoms. The summed E-state index contributed by atoms with van der Waals surface area (Å²) in [7, 11) is 0. The summed E-state index contributed by atoms with van der Waals surface area (Å²) >= 11 is 0. The maximum absolute atomic E-state index is 12.3. The molecular formula is C21H27NO4. The van der Waals surface area contributed by atoms with Crippen LogP contribution in [0.1, 0.15) is 37.0 Å². The summed E-state index contributed by atoms with van der Waals surface area (Å²) in [6.07, 6.45) is 2.84. The zero-order valence-corrected chi connectivity index (χ0v) is 16.0. The Morgan fingerprint density at radius 1 is 1.15 bits per heavy atom. The van der Waals surface area contributed by atoms with Crippen LogP contribution in [0, 0.1) is 25.7 Å². The highest BCUT2D eigenvalue weighted by Crippen LogP contribution is 2.25. The number of carbonyl (C=O) groups is 2. The van der Waals surface area contributed by atoms with Crippen LogP contribution in [-0.2, 0) is 20.7 Å². The van der Waals surface area contributed by atoms with Crippen molar-refractivity contribution in [1.29, 1.82) is 0 Å². The summed E-state index contributed by atoms with van der Waals surface area (Å²) < 4.78 is 10.8. The fourth-order valence-corrected chi connectivity index (χ4v) is 3.78. The number of benzene rings is 1. The van der Waals surface area contributed by atoms with E-state index < -0.39 is 5.97 Å². The minimum atomic E-state index is -0.405. The summed E-state index contributed by atoms with van der Waals surface area (Å²) in [5.41, 5.74) is 3.86. The Morgan fingerprint density at radius 2 is 1.81 bits per heavy atom. The summed E-state index contributed by atoms with van der Waals surface area (Å²) in [6, 6.07) is 4.00. The van der Waals surface area contributed by atoms with Gasteiger partial charge in [-0.25, -0.2) is 0 Å². The Kier molecular flexibility index (Phi) is 5.35. The lowest BCUT2D eigenvalue weighted by molar-refractivity contribution is -0.152. The highest BCUT2D eigenvalue weighted by Gasteiger charge is 2.26. The molecule has 5 heteroatoms. The predicted octanol–water partition coefficient (Wildman–Crippen LogP) is 3.64. The molecule has 2 aromatic rings. The van der Waals surface area contributed by atoms with Gasteiger partial charge in [0.2, 0.25) is 0 Å². The maximum atomic E-state index is 12.3. The predicted molar refractivity (Wildman–Crippen MR) is 99.9 cm³/mol. The zero-order valence-electron chi connectivity index (χ0n) is 16.0. The number of aryl methyl sites for hydroxylation is 2. The number of ether oxygens (including phenoxy) is 1. The number of carbonyl (C=O) groups excluding carboxylic acids is 2. The molecule has 1 aliphatic rings. The number of fused-ring (bicyclic) bond motifs is 1. The van der Waals surface area contributed by atoms with Crippen molar-refractivity contribution in [2.45, 2.75) is 40.5 Å². The Bertz CT molecular complexity index is 813. The second-order valence-corrected chi connectivity index (χ2v) is 7.78. The SMILES string of the molecule is Cc1cc2occ(CC(=O)OCC(=O)N3C[C@@H](C)C[C@H](C)C3)c2cc1C. The van der Waals surface area contributed by atoms with Gasteiger partial charge in [0, 0.05) is 24.0 Å². The van der Waals surface area contributed by atoms with Gasteiger partial charge < -0.3 is 14.1 Å². The molecule has 0 N–H and O–H groups in total. The van der Waals surface area contributed by atoms with E-state index in [1.54, 1.807) is 6.26 Å². The lowest BCUT2D eigenvalue weighted by Crippen LogP contribution is -2.44. The van der Waals surface area contributed by atoms with Gasteiger partial charge in [-0.3, -0.25) is 9.59 Å². The molecule has 1 aromatic heterocycles. The van der Waals surface area contributed by atoms with Crippen molar-refractivity contribution in [3.05, 3.63) is 35.1 Å². The van der Waals surface area contributed by atoms with Gasteiger partial charge in [-0.1, -0.05) is 13.8 Å². The average Bonchev–Trinajstić information content (AvgIpc) is 2.94. The van der Waals surface area contributed by atoms with E-state index in [9.17, 15) is 9.59 Å². The highest BCUT2D eigenvalue weighted by molar-refractivity contribution is 5.87. The minimum absolute atomic E-state index is 0.107. The fourth-order valence-electron chi connectivity index (χ4n) is 3.78. The topological polar surface area (TPSA) is 59.8 Å². The largest absolute Gasteiger partial charge is 0.464 e. The van der Waals surface area contributed by atoms with E-state index in [1.807, 2.05) is 30.9 Å². The number of likely N-dealkylation sites (tertiary alicyclic amines) is 1. The van der Waals surface area contributed by atoms with Gasteiger partial charge >= 0.3 is 5.97 Å². The minimum Gasteiger partial charge on any atom is -0.464 e. The van der Waals surface area contributed by atoms with Crippen molar-refractivity contribution < 1.29 is 18.7 Å². The molecule has 1 aliphatic heterocycles. The Labute approximate surface area is 154 Å². The van der Waals surface area contributed by atoms with Crippen LogP contribution >= 0.6 is 0 Å². The molecule has 1 aromatic carbocycles. The van der Waals surface area contributed by atoms with Crippen molar-refractivity contribution in [1.82, 2.24) is 4.90 Å². The summed E-state index contributed by atoms with van der Waals surface area (Å²) in [5.74, 6) is 0.461. The third-order valence-corrected chi connectivity index (χ3v) is 5.18. The first-order chi connectivity index (χ1) is 12.3. The molecule has 0 radical (unpaired) electrons. The van der Waals surface area contributed by atoms with Crippen molar-refractivity contribution in [2.75, 3.05) is 19.7 Å². The molecule has 2 atom stereocenters. The van der Waals surface area contributed by atoms with Crippen LogP contribution in [0.15, 0.2) is 22.8 Å². The second kappa shape index (κ2) is 7.52. The van der Waals surface area contributed by atoms with E-state index >= 15 is 0 Å². The smallest absolute Gasteiger partial charge is 0.310 e. The molecule has 5 nitrogen and oxygen atoms in total. The molecule has 0 unspecified atom stereocenters. The van der Waals surface area contributed by atoms with E-state index in [2.05, 4.69) is 13.8 Å². The van der Waals surface area contributed by atoms with Crippen molar-refractivity contribution >= 4 is 22.8 Å². The third kappa shape index (κ3) is 4.09. The van der Waals surface area contributed by atoms with Gasteiger partial charge in [-0.15, -0.1) is 0 Å². The molecule has 140 valence electrons. The number of furan rings is 1. The molecular weight excluding hydrogens is 330 g/mol. The third-order valence-electron chi connectivity index (χ3n) is 5.18. The molecule has 3 rings (SSSR count). The summed E-state index contributed by atoms with van der Waals surface area (Å²) in [6.45, 7) is 9.65. The quantitative estimate of drug-likeness (QED) is 0.784. The number of hydrogen-bond donors (Lipinski definition) is 0. The van der Waals surface area contributed by atoms with Crippen molar-refractivity contribution in [3.8, 4) is 0 Å². The van der Waals surface area contributed by atoms with Gasteiger partial charge in [-0.05, 0) is 55.4 Å². The van der Waals surface area contributed by atoms with Gasteiger partial charge in [0.1, 0.15) is 5.58 Å². The van der Waals surface area contributed by atoms with Crippen molar-refractivity contribution in [3.63, 3.8) is 0 Å². The van der Waals surface area contributed by atoms with Crippen LogP contribution in [0.4, 0.5) is 0 Å². The number of hydrogen-bond acceptors (Lipinski definition) is 4. The molecule has 1 fully saturated rings. The molecule has 1 saturated heterocycles. The van der Waals surface area contributed by atoms with E-state index in [4.69, 9.17) is 9.15 Å². The fraction of sp³-hybridized carbons (Fsp3) is 0.524. The van der Waals surface area contributed by atoms with Gasteiger partial charge in [0.25, 0.3) is 5.91 Å². The van der Waals surface area contributed by atoms with Crippen molar-refractivity contribution in [2.24, 2.45) is 11.8 Å². The van der Waals surface area contributed by atoms with E-state index in [0.29, 0.717) is 11.8 Å². The van der Waals surface area contributed by atoms with Crippen LogP contribution in [0.2, 0.25) is 0 Å². The number of esters is 1. The van der Waals surface area contributed by atoms with Crippen LogP contribution in [0.3, 0.4) is 0 Å². The Morgan fingerprint density at radius 3 is 2.50 bits per heavy atom. The molecule has 2 heterocycles. The molecule has 0 saturated carbocycles. The summed E-state index contributed by atoms with van der Waals surface area (Å²) in [4.78, 5) is 26.3. The maximum Gasteiger partial charge on any atom is 0.310 e. The molecule has 1 amide bonds. The molecule has 26 heavy (non-hydrogen) atoms. The standard InChI is InChI=1S/C21H27NO4/c1-13-5-14(2)10-22(9-13)20(23)12-26-21(24)8-17-11-25-19-7-16(4)15(3)6-18(17)19/h6-7,11,13-14H,5,8-10,12H2,1-4H3/t13-,14-/m0/s1. The first-order valence-corrected chi connectivity index (χ1v) is 9.24. The van der Waals surface area contributed by atoms with Crippen LogP contribution < -0.4 is 0 Å². The first kappa shape index (κ1) is 18.5. The molecule has 0 aliphatic carbocycles. The second-order valence-electron chi connectivity index (χ2n) is 7.78. The highest BCUT2D eigenvalue weighted by atomic mass is 16.5. The zero-order chi connectivity index (χ0) is 18.8. The van der Waals surface area contributed by atoms with Crippen LogP contribution in [-0.4, -0.2) is 36.5 Å². The number of rotatable bonds is 4. The van der Waals surface area contributed by atoms with E-state index in [0.717, 1.165) is 47.2 Å². The molecule has 0 spiro atoms. The number of piperidine rings is 1. The normalized spacial score (nSPS) is 20.4.